The van der Waals surface area contributed by atoms with Crippen molar-refractivity contribution in [3.05, 3.63) is 12.4 Å². The van der Waals surface area contributed by atoms with E-state index in [9.17, 15) is 0 Å². The monoisotopic (exact) mass is 278 g/mol. The standard InChI is InChI=1S/C14H26N6/c1-4-15-13-11-14(17-12-16-13)20-9-7-19(8-10-20)6-5-18(2)3/h11-12H,4-10H2,1-3H3,(H,15,16,17). The third-order valence-corrected chi connectivity index (χ3v) is 3.57. The van der Waals surface area contributed by atoms with E-state index in [4.69, 9.17) is 0 Å². The molecule has 0 unspecified atom stereocenters. The molecule has 112 valence electrons. The molecule has 0 aromatic carbocycles. The molecule has 0 spiro atoms. The Bertz CT molecular complexity index is 400. The van der Waals surface area contributed by atoms with Crippen molar-refractivity contribution < 1.29 is 0 Å². The lowest BCUT2D eigenvalue weighted by Crippen LogP contribution is -2.48. The molecule has 1 saturated heterocycles. The van der Waals surface area contributed by atoms with E-state index < -0.39 is 0 Å². The van der Waals surface area contributed by atoms with Crippen LogP contribution in [0.1, 0.15) is 6.92 Å². The number of aromatic nitrogens is 2. The quantitative estimate of drug-likeness (QED) is 0.822. The minimum Gasteiger partial charge on any atom is -0.370 e. The summed E-state index contributed by atoms with van der Waals surface area (Å²) in [7, 11) is 4.25. The van der Waals surface area contributed by atoms with Crippen molar-refractivity contribution in [2.45, 2.75) is 6.92 Å². The van der Waals surface area contributed by atoms with Gasteiger partial charge in [-0.05, 0) is 21.0 Å². The summed E-state index contributed by atoms with van der Waals surface area (Å²) in [6, 6.07) is 2.04. The highest BCUT2D eigenvalue weighted by Crippen LogP contribution is 2.15. The van der Waals surface area contributed by atoms with Gasteiger partial charge in [0.25, 0.3) is 0 Å². The summed E-state index contributed by atoms with van der Waals surface area (Å²) in [5.41, 5.74) is 0. The Morgan fingerprint density at radius 1 is 1.20 bits per heavy atom. The number of hydrogen-bond acceptors (Lipinski definition) is 6. The van der Waals surface area contributed by atoms with Crippen LogP contribution in [0.4, 0.5) is 11.6 Å². The number of hydrogen-bond donors (Lipinski definition) is 1. The molecule has 1 aliphatic rings. The summed E-state index contributed by atoms with van der Waals surface area (Å²) < 4.78 is 0. The van der Waals surface area contributed by atoms with Gasteiger partial charge in [0, 0.05) is 51.9 Å². The van der Waals surface area contributed by atoms with Gasteiger partial charge in [0.2, 0.25) is 0 Å². The predicted molar refractivity (Wildman–Crippen MR) is 83.4 cm³/mol. The Morgan fingerprint density at radius 3 is 2.60 bits per heavy atom. The molecule has 0 saturated carbocycles. The molecular formula is C14H26N6. The lowest BCUT2D eigenvalue weighted by molar-refractivity contribution is 0.229. The Balaban J connectivity index is 1.85. The van der Waals surface area contributed by atoms with Crippen molar-refractivity contribution in [3.8, 4) is 0 Å². The van der Waals surface area contributed by atoms with Crippen molar-refractivity contribution in [3.63, 3.8) is 0 Å². The number of nitrogens with zero attached hydrogens (tertiary/aromatic N) is 5. The highest BCUT2D eigenvalue weighted by molar-refractivity contribution is 5.48. The van der Waals surface area contributed by atoms with Crippen molar-refractivity contribution in [1.82, 2.24) is 19.8 Å². The molecule has 1 aromatic rings. The predicted octanol–water partition coefficient (Wildman–Crippen LogP) is 0.592. The first-order valence-corrected chi connectivity index (χ1v) is 7.37. The first-order chi connectivity index (χ1) is 9.69. The fraction of sp³-hybridized carbons (Fsp3) is 0.714. The molecule has 2 heterocycles. The number of rotatable bonds is 6. The Kier molecular flexibility index (Phi) is 5.55. The van der Waals surface area contributed by atoms with Crippen LogP contribution >= 0.6 is 0 Å². The second kappa shape index (κ2) is 7.40. The largest absolute Gasteiger partial charge is 0.370 e. The average Bonchev–Trinajstić information content (AvgIpc) is 2.46. The zero-order valence-electron chi connectivity index (χ0n) is 12.8. The molecule has 0 atom stereocenters. The number of piperazine rings is 1. The molecule has 1 fully saturated rings. The van der Waals surface area contributed by atoms with Crippen LogP contribution in [0, 0.1) is 0 Å². The van der Waals surface area contributed by atoms with Crippen LogP contribution in [-0.2, 0) is 0 Å². The topological polar surface area (TPSA) is 47.5 Å². The second-order valence-corrected chi connectivity index (χ2v) is 5.42. The van der Waals surface area contributed by atoms with E-state index in [1.807, 2.05) is 6.07 Å². The molecule has 1 aliphatic heterocycles. The first-order valence-electron chi connectivity index (χ1n) is 7.37. The zero-order valence-corrected chi connectivity index (χ0v) is 12.8. The van der Waals surface area contributed by atoms with Crippen LogP contribution in [0.2, 0.25) is 0 Å². The molecular weight excluding hydrogens is 252 g/mol. The smallest absolute Gasteiger partial charge is 0.134 e. The van der Waals surface area contributed by atoms with Crippen molar-refractivity contribution in [2.24, 2.45) is 0 Å². The van der Waals surface area contributed by atoms with Crippen LogP contribution in [0.15, 0.2) is 12.4 Å². The van der Waals surface area contributed by atoms with E-state index in [2.05, 4.69) is 51.0 Å². The van der Waals surface area contributed by atoms with Crippen LogP contribution in [-0.4, -0.2) is 79.7 Å². The van der Waals surface area contributed by atoms with Crippen molar-refractivity contribution in [1.29, 1.82) is 0 Å². The summed E-state index contributed by atoms with van der Waals surface area (Å²) in [4.78, 5) is 15.7. The van der Waals surface area contributed by atoms with Gasteiger partial charge in [-0.25, -0.2) is 9.97 Å². The lowest BCUT2D eigenvalue weighted by atomic mass is 10.3. The summed E-state index contributed by atoms with van der Waals surface area (Å²) >= 11 is 0. The summed E-state index contributed by atoms with van der Waals surface area (Å²) in [5.74, 6) is 1.94. The van der Waals surface area contributed by atoms with Gasteiger partial charge in [-0.3, -0.25) is 4.90 Å². The van der Waals surface area contributed by atoms with Gasteiger partial charge in [0.15, 0.2) is 0 Å². The number of likely N-dealkylation sites (N-methyl/N-ethyl adjacent to an activating group) is 1. The second-order valence-electron chi connectivity index (χ2n) is 5.42. The molecule has 1 aromatic heterocycles. The maximum absolute atomic E-state index is 4.39. The summed E-state index contributed by atoms with van der Waals surface area (Å²) in [6.07, 6.45) is 1.64. The first kappa shape index (κ1) is 15.0. The lowest BCUT2D eigenvalue weighted by Gasteiger charge is -2.35. The normalized spacial score (nSPS) is 16.7. The molecule has 0 bridgehead atoms. The Hall–Kier alpha value is -1.40. The third kappa shape index (κ3) is 4.31. The maximum atomic E-state index is 4.39. The van der Waals surface area contributed by atoms with Crippen LogP contribution in [0.5, 0.6) is 0 Å². The maximum Gasteiger partial charge on any atom is 0.134 e. The van der Waals surface area contributed by atoms with E-state index >= 15 is 0 Å². The number of anilines is 2. The minimum atomic E-state index is 0.884. The molecule has 6 nitrogen and oxygen atoms in total. The van der Waals surface area contributed by atoms with Crippen LogP contribution in [0.25, 0.3) is 0 Å². The highest BCUT2D eigenvalue weighted by Gasteiger charge is 2.18. The average molecular weight is 278 g/mol. The Labute approximate surface area is 121 Å². The molecule has 6 heteroatoms. The molecule has 1 N–H and O–H groups in total. The van der Waals surface area contributed by atoms with E-state index in [0.717, 1.165) is 57.4 Å². The SMILES string of the molecule is CCNc1cc(N2CCN(CCN(C)C)CC2)ncn1. The highest BCUT2D eigenvalue weighted by atomic mass is 15.3. The molecule has 2 rings (SSSR count). The van der Waals surface area contributed by atoms with Gasteiger partial charge in [-0.2, -0.15) is 0 Å². The van der Waals surface area contributed by atoms with Gasteiger partial charge in [-0.1, -0.05) is 0 Å². The van der Waals surface area contributed by atoms with E-state index in [1.54, 1.807) is 6.33 Å². The Morgan fingerprint density at radius 2 is 1.95 bits per heavy atom. The fourth-order valence-electron chi connectivity index (χ4n) is 2.34. The molecule has 20 heavy (non-hydrogen) atoms. The fourth-order valence-corrected chi connectivity index (χ4v) is 2.34. The van der Waals surface area contributed by atoms with Gasteiger partial charge >= 0.3 is 0 Å². The minimum absolute atomic E-state index is 0.884. The summed E-state index contributed by atoms with van der Waals surface area (Å²) in [5, 5.41) is 3.23. The molecule has 0 amide bonds. The van der Waals surface area contributed by atoms with Crippen molar-refractivity contribution in [2.75, 3.05) is 70.1 Å². The molecule has 0 aliphatic carbocycles. The molecule has 0 radical (unpaired) electrons. The van der Waals surface area contributed by atoms with Crippen LogP contribution < -0.4 is 10.2 Å². The van der Waals surface area contributed by atoms with Gasteiger partial charge < -0.3 is 15.1 Å². The van der Waals surface area contributed by atoms with E-state index in [-0.39, 0.29) is 0 Å². The van der Waals surface area contributed by atoms with Gasteiger partial charge in [-0.15, -0.1) is 0 Å². The van der Waals surface area contributed by atoms with Gasteiger partial charge in [0.05, 0.1) is 0 Å². The third-order valence-electron chi connectivity index (χ3n) is 3.57. The van der Waals surface area contributed by atoms with E-state index in [1.165, 1.54) is 0 Å². The van der Waals surface area contributed by atoms with E-state index in [0.29, 0.717) is 0 Å². The van der Waals surface area contributed by atoms with Gasteiger partial charge in [0.1, 0.15) is 18.0 Å². The number of nitrogens with one attached hydrogen (secondary N) is 1. The van der Waals surface area contributed by atoms with Crippen LogP contribution in [0.3, 0.4) is 0 Å². The van der Waals surface area contributed by atoms with Crippen molar-refractivity contribution >= 4 is 11.6 Å². The zero-order chi connectivity index (χ0) is 14.4. The summed E-state index contributed by atoms with van der Waals surface area (Å²) in [6.45, 7) is 9.51.